The van der Waals surface area contributed by atoms with E-state index < -0.39 is 0 Å². The first-order valence-corrected chi connectivity index (χ1v) is 9.22. The van der Waals surface area contributed by atoms with E-state index in [1.165, 1.54) is 7.14 Å². The molecule has 0 heterocycles. The van der Waals surface area contributed by atoms with Crippen LogP contribution in [-0.4, -0.2) is 11.7 Å². The molecule has 2 aromatic carbocycles. The molecule has 0 radical (unpaired) electrons. The average molecular weight is 542 g/mol. The molecule has 4 N–H and O–H groups in total. The van der Waals surface area contributed by atoms with Crippen molar-refractivity contribution in [3.8, 4) is 0 Å². The third-order valence-electron chi connectivity index (χ3n) is 2.91. The van der Waals surface area contributed by atoms with Crippen LogP contribution >= 0.6 is 45.2 Å². The van der Waals surface area contributed by atoms with Gasteiger partial charge in [-0.05, 0) is 92.7 Å². The van der Waals surface area contributed by atoms with Crippen LogP contribution in [0.1, 0.15) is 11.1 Å². The van der Waals surface area contributed by atoms with Crippen LogP contribution in [0.15, 0.2) is 70.9 Å². The summed E-state index contributed by atoms with van der Waals surface area (Å²) in [5.41, 5.74) is 13.5. The van der Waals surface area contributed by atoms with Crippen molar-refractivity contribution in [2.45, 2.75) is 0 Å². The molecule has 0 bridgehead atoms. The Bertz CT molecular complexity index is 727. The zero-order valence-corrected chi connectivity index (χ0v) is 17.0. The maximum Gasteiger partial charge on any atom is 0.211 e. The first-order valence-electron chi connectivity index (χ1n) is 7.07. The molecule has 0 amide bonds. The lowest BCUT2D eigenvalue weighted by molar-refractivity contribution is 1.21. The number of guanidine groups is 1. The highest BCUT2D eigenvalue weighted by atomic mass is 127. The maximum absolute atomic E-state index is 5.36. The van der Waals surface area contributed by atoms with Crippen LogP contribution < -0.4 is 11.5 Å². The Morgan fingerprint density at radius 2 is 1.12 bits per heavy atom. The summed E-state index contributed by atoms with van der Waals surface area (Å²) in [6.45, 7) is 0. The number of rotatable bonds is 5. The summed E-state index contributed by atoms with van der Waals surface area (Å²) in [5.74, 6) is -0.0715. The lowest BCUT2D eigenvalue weighted by Crippen LogP contribution is -2.22. The van der Waals surface area contributed by atoms with E-state index in [4.69, 9.17) is 11.5 Å². The van der Waals surface area contributed by atoms with Gasteiger partial charge in [0.2, 0.25) is 5.96 Å². The van der Waals surface area contributed by atoms with Crippen LogP contribution in [0.5, 0.6) is 0 Å². The Morgan fingerprint density at radius 3 is 1.50 bits per heavy atom. The third kappa shape index (κ3) is 6.83. The Labute approximate surface area is 168 Å². The molecule has 0 unspecified atom stereocenters. The van der Waals surface area contributed by atoms with Crippen LogP contribution in [0.2, 0.25) is 0 Å². The zero-order valence-electron chi connectivity index (χ0n) is 12.7. The molecule has 2 aromatic rings. The van der Waals surface area contributed by atoms with Crippen LogP contribution in [0.4, 0.5) is 0 Å². The van der Waals surface area contributed by atoms with Crippen molar-refractivity contribution in [2.24, 2.45) is 21.7 Å². The Hall–Kier alpha value is -1.68. The number of nitrogens with two attached hydrogens (primary N) is 2. The van der Waals surface area contributed by atoms with E-state index in [9.17, 15) is 0 Å². The van der Waals surface area contributed by atoms with Gasteiger partial charge in [0.25, 0.3) is 0 Å². The van der Waals surface area contributed by atoms with Crippen LogP contribution in [0.3, 0.4) is 0 Å². The van der Waals surface area contributed by atoms with Crippen molar-refractivity contribution < 1.29 is 0 Å². The zero-order chi connectivity index (χ0) is 17.4. The van der Waals surface area contributed by atoms with Gasteiger partial charge in [0, 0.05) is 7.14 Å². The van der Waals surface area contributed by atoms with E-state index in [1.807, 2.05) is 48.6 Å². The van der Waals surface area contributed by atoms with Gasteiger partial charge >= 0.3 is 0 Å². The molecule has 0 aliphatic heterocycles. The Balaban J connectivity index is 2.21. The fourth-order valence-electron chi connectivity index (χ4n) is 1.75. The van der Waals surface area contributed by atoms with Gasteiger partial charge in [-0.25, -0.2) is 0 Å². The van der Waals surface area contributed by atoms with E-state index in [1.54, 1.807) is 0 Å². The number of halogens is 2. The van der Waals surface area contributed by atoms with Gasteiger partial charge in [0.1, 0.15) is 0 Å². The number of allylic oxidation sites excluding steroid dienone is 2. The van der Waals surface area contributed by atoms with Gasteiger partial charge in [0.05, 0.1) is 5.71 Å². The van der Waals surface area contributed by atoms with E-state index >= 15 is 0 Å². The summed E-state index contributed by atoms with van der Waals surface area (Å²) >= 11 is 4.55. The summed E-state index contributed by atoms with van der Waals surface area (Å²) < 4.78 is 2.38. The molecule has 122 valence electrons. The molecule has 2 rings (SSSR count). The fourth-order valence-corrected chi connectivity index (χ4v) is 2.47. The third-order valence-corrected chi connectivity index (χ3v) is 4.35. The van der Waals surface area contributed by atoms with Crippen molar-refractivity contribution in [1.82, 2.24) is 0 Å². The standard InChI is InChI=1S/C18H16I2N4/c19-15-7-1-13(2-8-15)5-11-17(23-24-18(21)22)12-6-14-3-9-16(20)10-4-14/h1-12H,(H4,21,22,24)/b11-5+,12-6+. The van der Waals surface area contributed by atoms with E-state index in [-0.39, 0.29) is 5.96 Å². The number of hydrogen-bond acceptors (Lipinski definition) is 2. The second kappa shape index (κ2) is 9.58. The van der Waals surface area contributed by atoms with Crippen molar-refractivity contribution in [2.75, 3.05) is 0 Å². The monoisotopic (exact) mass is 542 g/mol. The molecule has 0 fully saturated rings. The first-order chi connectivity index (χ1) is 11.5. The van der Waals surface area contributed by atoms with E-state index in [0.717, 1.165) is 11.1 Å². The van der Waals surface area contributed by atoms with Crippen molar-refractivity contribution in [1.29, 1.82) is 0 Å². The molecule has 0 aromatic heterocycles. The second-order valence-electron chi connectivity index (χ2n) is 4.82. The highest BCUT2D eigenvalue weighted by Gasteiger charge is 1.93. The topological polar surface area (TPSA) is 76.8 Å². The molecule has 6 heteroatoms. The minimum Gasteiger partial charge on any atom is -0.369 e. The highest BCUT2D eigenvalue weighted by molar-refractivity contribution is 14.1. The highest BCUT2D eigenvalue weighted by Crippen LogP contribution is 2.10. The predicted molar refractivity (Wildman–Crippen MR) is 120 cm³/mol. The van der Waals surface area contributed by atoms with Crippen LogP contribution in [0.25, 0.3) is 12.2 Å². The molecule has 0 saturated heterocycles. The number of nitrogens with zero attached hydrogens (tertiary/aromatic N) is 2. The lowest BCUT2D eigenvalue weighted by Gasteiger charge is -1.96. The summed E-state index contributed by atoms with van der Waals surface area (Å²) in [6, 6.07) is 16.4. The van der Waals surface area contributed by atoms with Crippen LogP contribution in [-0.2, 0) is 0 Å². The molecule has 0 atom stereocenters. The Kier molecular flexibility index (Phi) is 7.44. The van der Waals surface area contributed by atoms with E-state index in [0.29, 0.717) is 5.71 Å². The lowest BCUT2D eigenvalue weighted by atomic mass is 10.1. The minimum atomic E-state index is -0.0715. The van der Waals surface area contributed by atoms with Crippen LogP contribution in [0, 0.1) is 7.14 Å². The molecule has 0 aliphatic rings. The smallest absolute Gasteiger partial charge is 0.211 e. The summed E-state index contributed by atoms with van der Waals surface area (Å²) in [7, 11) is 0. The van der Waals surface area contributed by atoms with Crippen molar-refractivity contribution in [3.05, 3.63) is 79.0 Å². The maximum atomic E-state index is 5.36. The molecule has 0 saturated carbocycles. The second-order valence-corrected chi connectivity index (χ2v) is 7.31. The average Bonchev–Trinajstić information content (AvgIpc) is 2.57. The van der Waals surface area contributed by atoms with Crippen molar-refractivity contribution in [3.63, 3.8) is 0 Å². The molecule has 24 heavy (non-hydrogen) atoms. The SMILES string of the molecule is NC(N)=NN=C(/C=C/c1ccc(I)cc1)/C=C/c1ccc(I)cc1. The van der Waals surface area contributed by atoms with Gasteiger partial charge < -0.3 is 11.5 Å². The van der Waals surface area contributed by atoms with E-state index in [2.05, 4.69) is 79.7 Å². The first kappa shape index (κ1) is 18.7. The molecule has 4 nitrogen and oxygen atoms in total. The summed E-state index contributed by atoms with van der Waals surface area (Å²) in [5, 5.41) is 7.80. The number of benzene rings is 2. The Morgan fingerprint density at radius 1 is 0.708 bits per heavy atom. The molecule has 0 aliphatic carbocycles. The van der Waals surface area contributed by atoms with Gasteiger partial charge in [-0.1, -0.05) is 36.4 Å². The normalized spacial score (nSPS) is 10.9. The number of hydrogen-bond donors (Lipinski definition) is 2. The predicted octanol–water partition coefficient (Wildman–Crippen LogP) is 4.25. The molecular formula is C18H16I2N4. The summed E-state index contributed by atoms with van der Waals surface area (Å²) in [6.07, 6.45) is 7.68. The van der Waals surface area contributed by atoms with Gasteiger partial charge in [-0.15, -0.1) is 10.2 Å². The van der Waals surface area contributed by atoms with Gasteiger partial charge in [-0.3, -0.25) is 0 Å². The fraction of sp³-hybridized carbons (Fsp3) is 0. The molecular weight excluding hydrogens is 526 g/mol. The van der Waals surface area contributed by atoms with Gasteiger partial charge in [-0.2, -0.15) is 0 Å². The summed E-state index contributed by atoms with van der Waals surface area (Å²) in [4.78, 5) is 0. The van der Waals surface area contributed by atoms with Crippen molar-refractivity contribution >= 4 is 69.0 Å². The minimum absolute atomic E-state index is 0.0715. The molecule has 0 spiro atoms. The quantitative estimate of drug-likeness (QED) is 0.257. The van der Waals surface area contributed by atoms with Gasteiger partial charge in [0.15, 0.2) is 0 Å². The largest absolute Gasteiger partial charge is 0.369 e.